The van der Waals surface area contributed by atoms with Crippen LogP contribution in [0.4, 0.5) is 0 Å². The van der Waals surface area contributed by atoms with E-state index < -0.39 is 0 Å². The number of hydrogen-bond acceptors (Lipinski definition) is 5. The van der Waals surface area contributed by atoms with E-state index in [4.69, 9.17) is 4.74 Å². The minimum absolute atomic E-state index is 0.0663. The molecule has 20 heavy (non-hydrogen) atoms. The first-order valence-corrected chi connectivity index (χ1v) is 6.44. The number of carbonyl (C=O) groups excluding carboxylic acids is 1. The van der Waals surface area contributed by atoms with Crippen molar-refractivity contribution in [2.24, 2.45) is 5.41 Å². The van der Waals surface area contributed by atoms with Crippen LogP contribution in [0.1, 0.15) is 33.0 Å². The van der Waals surface area contributed by atoms with E-state index in [0.29, 0.717) is 12.2 Å². The summed E-state index contributed by atoms with van der Waals surface area (Å²) >= 11 is 0. The van der Waals surface area contributed by atoms with Gasteiger partial charge in [0.2, 0.25) is 0 Å². The molecule has 0 unspecified atom stereocenters. The molecule has 0 spiro atoms. The van der Waals surface area contributed by atoms with Gasteiger partial charge in [-0.1, -0.05) is 39.0 Å². The third-order valence-corrected chi connectivity index (χ3v) is 2.57. The topological polar surface area (TPSA) is 69.9 Å². The maximum Gasteiger partial charge on any atom is 0.306 e. The molecule has 2 aromatic rings. The summed E-state index contributed by atoms with van der Waals surface area (Å²) in [5, 5.41) is 11.4. The van der Waals surface area contributed by atoms with Gasteiger partial charge in [0, 0.05) is 0 Å². The molecule has 0 atom stereocenters. The lowest BCUT2D eigenvalue weighted by atomic mass is 9.93. The first-order valence-electron chi connectivity index (χ1n) is 6.44. The van der Waals surface area contributed by atoms with E-state index in [2.05, 4.69) is 15.5 Å². The van der Waals surface area contributed by atoms with Crippen molar-refractivity contribution < 1.29 is 9.53 Å². The predicted molar refractivity (Wildman–Crippen MR) is 73.0 cm³/mol. The average molecular weight is 274 g/mol. The van der Waals surface area contributed by atoms with Gasteiger partial charge < -0.3 is 4.74 Å². The van der Waals surface area contributed by atoms with E-state index in [-0.39, 0.29) is 18.0 Å². The Balaban J connectivity index is 2.02. The fourth-order valence-corrected chi connectivity index (χ4v) is 1.69. The molecule has 6 nitrogen and oxygen atoms in total. The highest BCUT2D eigenvalue weighted by molar-refractivity contribution is 5.70. The Morgan fingerprint density at radius 2 is 1.95 bits per heavy atom. The number of carbonyl (C=O) groups is 1. The highest BCUT2D eigenvalue weighted by Crippen LogP contribution is 2.19. The van der Waals surface area contributed by atoms with Crippen molar-refractivity contribution in [3.63, 3.8) is 0 Å². The third-order valence-electron chi connectivity index (χ3n) is 2.57. The first-order chi connectivity index (χ1) is 9.46. The lowest BCUT2D eigenvalue weighted by molar-refractivity contribution is -0.147. The number of aromatic nitrogens is 4. The van der Waals surface area contributed by atoms with Crippen molar-refractivity contribution in [1.29, 1.82) is 0 Å². The number of para-hydroxylation sites is 1. The molecule has 0 aliphatic carbocycles. The SMILES string of the molecule is CC(C)(C)CC(=O)OCc1nnnn1-c1ccccc1. The standard InChI is InChI=1S/C14H18N4O2/c1-14(2,3)9-13(19)20-10-12-15-16-17-18(12)11-7-5-4-6-8-11/h4-8H,9-10H2,1-3H3. The zero-order valence-electron chi connectivity index (χ0n) is 11.9. The largest absolute Gasteiger partial charge is 0.457 e. The van der Waals surface area contributed by atoms with Crippen LogP contribution < -0.4 is 0 Å². The van der Waals surface area contributed by atoms with E-state index in [0.717, 1.165) is 5.69 Å². The Morgan fingerprint density at radius 3 is 2.60 bits per heavy atom. The second-order valence-electron chi connectivity index (χ2n) is 5.74. The second-order valence-corrected chi connectivity index (χ2v) is 5.74. The van der Waals surface area contributed by atoms with E-state index in [9.17, 15) is 4.79 Å². The van der Waals surface area contributed by atoms with Gasteiger partial charge in [0.05, 0.1) is 12.1 Å². The fourth-order valence-electron chi connectivity index (χ4n) is 1.69. The Kier molecular flexibility index (Phi) is 4.12. The van der Waals surface area contributed by atoms with Crippen LogP contribution in [0, 0.1) is 5.41 Å². The molecule has 0 saturated heterocycles. The Labute approximate surface area is 117 Å². The summed E-state index contributed by atoms with van der Waals surface area (Å²) in [4.78, 5) is 11.7. The maximum absolute atomic E-state index is 11.7. The minimum atomic E-state index is -0.250. The van der Waals surface area contributed by atoms with Crippen LogP contribution >= 0.6 is 0 Å². The Hall–Kier alpha value is -2.24. The van der Waals surface area contributed by atoms with E-state index in [1.807, 2.05) is 51.1 Å². The second kappa shape index (κ2) is 5.81. The molecule has 0 aliphatic rings. The summed E-state index contributed by atoms with van der Waals surface area (Å²) in [6.07, 6.45) is 0.361. The predicted octanol–water partition coefficient (Wildman–Crippen LogP) is 2.14. The molecule has 0 amide bonds. The number of hydrogen-bond donors (Lipinski definition) is 0. The van der Waals surface area contributed by atoms with Crippen molar-refractivity contribution in [3.8, 4) is 5.69 Å². The summed E-state index contributed by atoms with van der Waals surface area (Å²) in [6.45, 7) is 6.03. The van der Waals surface area contributed by atoms with Gasteiger partial charge in [-0.15, -0.1) is 5.10 Å². The molecule has 0 N–H and O–H groups in total. The average Bonchev–Trinajstić information content (AvgIpc) is 2.83. The summed E-state index contributed by atoms with van der Waals surface area (Å²) in [6, 6.07) is 9.48. The normalized spacial score (nSPS) is 11.3. The lowest BCUT2D eigenvalue weighted by Crippen LogP contribution is -2.16. The van der Waals surface area contributed by atoms with Gasteiger partial charge in [0.25, 0.3) is 0 Å². The number of esters is 1. The van der Waals surface area contributed by atoms with Crippen LogP contribution in [-0.4, -0.2) is 26.2 Å². The lowest BCUT2D eigenvalue weighted by Gasteiger charge is -2.16. The quantitative estimate of drug-likeness (QED) is 0.799. The monoisotopic (exact) mass is 274 g/mol. The minimum Gasteiger partial charge on any atom is -0.457 e. The maximum atomic E-state index is 11.7. The highest BCUT2D eigenvalue weighted by Gasteiger charge is 2.18. The number of benzene rings is 1. The molecule has 1 heterocycles. The van der Waals surface area contributed by atoms with Gasteiger partial charge in [-0.05, 0) is 28.0 Å². The van der Waals surface area contributed by atoms with Gasteiger partial charge in [-0.3, -0.25) is 4.79 Å². The van der Waals surface area contributed by atoms with Gasteiger partial charge in [-0.2, -0.15) is 4.68 Å². The molecular weight excluding hydrogens is 256 g/mol. The van der Waals surface area contributed by atoms with Gasteiger partial charge >= 0.3 is 5.97 Å². The molecule has 0 saturated carbocycles. The highest BCUT2D eigenvalue weighted by atomic mass is 16.5. The van der Waals surface area contributed by atoms with E-state index in [1.165, 1.54) is 0 Å². The number of rotatable bonds is 4. The zero-order chi connectivity index (χ0) is 14.6. The van der Waals surface area contributed by atoms with Gasteiger partial charge in [0.15, 0.2) is 12.4 Å². The molecule has 1 aromatic carbocycles. The molecule has 1 aromatic heterocycles. The van der Waals surface area contributed by atoms with E-state index in [1.54, 1.807) is 4.68 Å². The summed E-state index contributed by atoms with van der Waals surface area (Å²) in [7, 11) is 0. The van der Waals surface area contributed by atoms with Crippen LogP contribution in [0.25, 0.3) is 5.69 Å². The molecule has 6 heteroatoms. The van der Waals surface area contributed by atoms with Crippen LogP contribution in [0.3, 0.4) is 0 Å². The number of nitrogens with zero attached hydrogens (tertiary/aromatic N) is 4. The Bertz CT molecular complexity index is 572. The summed E-state index contributed by atoms with van der Waals surface area (Å²) in [5.74, 6) is 0.249. The smallest absolute Gasteiger partial charge is 0.306 e. The van der Waals surface area contributed by atoms with Crippen LogP contribution in [-0.2, 0) is 16.1 Å². The molecule has 0 radical (unpaired) electrons. The summed E-state index contributed by atoms with van der Waals surface area (Å²) in [5.41, 5.74) is 0.738. The van der Waals surface area contributed by atoms with Crippen molar-refractivity contribution in [2.45, 2.75) is 33.8 Å². The van der Waals surface area contributed by atoms with Crippen molar-refractivity contribution in [3.05, 3.63) is 36.2 Å². The van der Waals surface area contributed by atoms with Crippen LogP contribution in [0.2, 0.25) is 0 Å². The molecule has 106 valence electrons. The molecule has 0 bridgehead atoms. The van der Waals surface area contributed by atoms with Crippen molar-refractivity contribution in [1.82, 2.24) is 20.2 Å². The number of ether oxygens (including phenoxy) is 1. The Morgan fingerprint density at radius 1 is 1.25 bits per heavy atom. The van der Waals surface area contributed by atoms with Crippen molar-refractivity contribution in [2.75, 3.05) is 0 Å². The zero-order valence-corrected chi connectivity index (χ0v) is 11.9. The van der Waals surface area contributed by atoms with Gasteiger partial charge in [-0.25, -0.2) is 0 Å². The third kappa shape index (κ3) is 3.88. The first kappa shape index (κ1) is 14.2. The molecular formula is C14H18N4O2. The van der Waals surface area contributed by atoms with Crippen LogP contribution in [0.15, 0.2) is 30.3 Å². The van der Waals surface area contributed by atoms with E-state index >= 15 is 0 Å². The summed E-state index contributed by atoms with van der Waals surface area (Å²) < 4.78 is 6.78. The van der Waals surface area contributed by atoms with Gasteiger partial charge in [0.1, 0.15) is 0 Å². The number of tetrazole rings is 1. The fraction of sp³-hybridized carbons (Fsp3) is 0.429. The van der Waals surface area contributed by atoms with Crippen LogP contribution in [0.5, 0.6) is 0 Å². The molecule has 2 rings (SSSR count). The molecule has 0 aliphatic heterocycles. The van der Waals surface area contributed by atoms with Crippen molar-refractivity contribution >= 4 is 5.97 Å². The molecule has 0 fully saturated rings.